The maximum absolute atomic E-state index is 11.9. The molecule has 0 aromatic heterocycles. The molecule has 14 heavy (non-hydrogen) atoms. The zero-order valence-corrected chi connectivity index (χ0v) is 7.94. The highest BCUT2D eigenvalue weighted by atomic mass is 16.2. The van der Waals surface area contributed by atoms with Gasteiger partial charge < -0.3 is 10.2 Å². The summed E-state index contributed by atoms with van der Waals surface area (Å²) >= 11 is 0. The van der Waals surface area contributed by atoms with Crippen LogP contribution in [0.1, 0.15) is 12.8 Å². The number of hydrogen-bond acceptors (Lipinski definition) is 3. The standard InChI is InChI=1S/C10H13N3O/c11-7-8-3-2-6-13(8)10(14)9-4-1-5-12-9/h2-3,8-9,12H,1,4-6H2. The van der Waals surface area contributed by atoms with Gasteiger partial charge in [-0.05, 0) is 25.5 Å². The van der Waals surface area contributed by atoms with E-state index in [0.29, 0.717) is 6.54 Å². The number of carbonyl (C=O) groups is 1. The fraction of sp³-hybridized carbons (Fsp3) is 0.600. The number of hydrogen-bond donors (Lipinski definition) is 1. The molecule has 1 fully saturated rings. The van der Waals surface area contributed by atoms with E-state index < -0.39 is 0 Å². The van der Waals surface area contributed by atoms with Gasteiger partial charge in [-0.1, -0.05) is 6.08 Å². The molecule has 1 N–H and O–H groups in total. The molecule has 1 saturated heterocycles. The topological polar surface area (TPSA) is 56.1 Å². The second-order valence-electron chi connectivity index (χ2n) is 3.64. The van der Waals surface area contributed by atoms with Crippen molar-refractivity contribution >= 4 is 5.91 Å². The van der Waals surface area contributed by atoms with Crippen LogP contribution in [0.4, 0.5) is 0 Å². The van der Waals surface area contributed by atoms with Crippen LogP contribution in [0.2, 0.25) is 0 Å². The Balaban J connectivity index is 2.01. The minimum Gasteiger partial charge on any atom is -0.318 e. The van der Waals surface area contributed by atoms with Crippen LogP contribution in [0.25, 0.3) is 0 Å². The van der Waals surface area contributed by atoms with Crippen LogP contribution in [-0.2, 0) is 4.79 Å². The summed E-state index contributed by atoms with van der Waals surface area (Å²) in [5.74, 6) is 0.0686. The van der Waals surface area contributed by atoms with Gasteiger partial charge in [0, 0.05) is 6.54 Å². The molecular formula is C10H13N3O. The minimum absolute atomic E-state index is 0.0641. The molecule has 0 saturated carbocycles. The molecule has 2 aliphatic rings. The first-order valence-electron chi connectivity index (χ1n) is 4.93. The molecular weight excluding hydrogens is 178 g/mol. The second kappa shape index (κ2) is 3.81. The van der Waals surface area contributed by atoms with Gasteiger partial charge in [0.15, 0.2) is 0 Å². The second-order valence-corrected chi connectivity index (χ2v) is 3.64. The lowest BCUT2D eigenvalue weighted by Crippen LogP contribution is -2.45. The van der Waals surface area contributed by atoms with Crippen LogP contribution < -0.4 is 5.32 Å². The van der Waals surface area contributed by atoms with Crippen molar-refractivity contribution in [1.82, 2.24) is 10.2 Å². The number of amides is 1. The van der Waals surface area contributed by atoms with Crippen LogP contribution in [0.3, 0.4) is 0 Å². The van der Waals surface area contributed by atoms with Gasteiger partial charge in [0.1, 0.15) is 6.04 Å². The third-order valence-corrected chi connectivity index (χ3v) is 2.73. The van der Waals surface area contributed by atoms with Crippen LogP contribution >= 0.6 is 0 Å². The lowest BCUT2D eigenvalue weighted by atomic mass is 10.2. The van der Waals surface area contributed by atoms with Gasteiger partial charge in [0.2, 0.25) is 5.91 Å². The first-order valence-corrected chi connectivity index (χ1v) is 4.93. The Bertz CT molecular complexity index is 299. The first kappa shape index (κ1) is 9.22. The molecule has 2 atom stereocenters. The van der Waals surface area contributed by atoms with Crippen LogP contribution in [0.15, 0.2) is 12.2 Å². The van der Waals surface area contributed by atoms with Crippen molar-refractivity contribution in [3.8, 4) is 6.07 Å². The predicted octanol–water partition coefficient (Wildman–Crippen LogP) is 0.0290. The average molecular weight is 191 g/mol. The van der Waals surface area contributed by atoms with Crippen molar-refractivity contribution in [3.63, 3.8) is 0 Å². The third-order valence-electron chi connectivity index (χ3n) is 2.73. The maximum Gasteiger partial charge on any atom is 0.241 e. The van der Waals surface area contributed by atoms with Gasteiger partial charge in [-0.2, -0.15) is 5.26 Å². The summed E-state index contributed by atoms with van der Waals surface area (Å²) in [7, 11) is 0. The molecule has 0 spiro atoms. The Morgan fingerprint density at radius 1 is 1.64 bits per heavy atom. The molecule has 2 heterocycles. The molecule has 0 aliphatic carbocycles. The molecule has 0 bridgehead atoms. The van der Waals surface area contributed by atoms with E-state index in [-0.39, 0.29) is 18.0 Å². The molecule has 0 aromatic rings. The van der Waals surface area contributed by atoms with Crippen molar-refractivity contribution in [1.29, 1.82) is 5.26 Å². The summed E-state index contributed by atoms with van der Waals surface area (Å²) in [5, 5.41) is 12.0. The van der Waals surface area contributed by atoms with E-state index in [2.05, 4.69) is 11.4 Å². The molecule has 2 rings (SSSR count). The Kier molecular flexibility index (Phi) is 2.51. The fourth-order valence-electron chi connectivity index (χ4n) is 1.96. The van der Waals surface area contributed by atoms with E-state index >= 15 is 0 Å². The fourth-order valence-corrected chi connectivity index (χ4v) is 1.96. The molecule has 4 nitrogen and oxygen atoms in total. The number of nitrogens with zero attached hydrogens (tertiary/aromatic N) is 2. The van der Waals surface area contributed by atoms with Crippen LogP contribution in [-0.4, -0.2) is 36.0 Å². The lowest BCUT2D eigenvalue weighted by Gasteiger charge is -2.23. The monoisotopic (exact) mass is 191 g/mol. The highest BCUT2D eigenvalue weighted by Crippen LogP contribution is 2.14. The average Bonchev–Trinajstić information content (AvgIpc) is 2.87. The molecule has 2 aliphatic heterocycles. The minimum atomic E-state index is -0.357. The summed E-state index contributed by atoms with van der Waals surface area (Å²) in [6.45, 7) is 1.49. The molecule has 4 heteroatoms. The molecule has 0 radical (unpaired) electrons. The Morgan fingerprint density at radius 2 is 2.50 bits per heavy atom. The number of rotatable bonds is 1. The Morgan fingerprint density at radius 3 is 3.14 bits per heavy atom. The van der Waals surface area contributed by atoms with Gasteiger partial charge in [0.25, 0.3) is 0 Å². The summed E-state index contributed by atoms with van der Waals surface area (Å²) in [6.07, 6.45) is 5.61. The quantitative estimate of drug-likeness (QED) is 0.595. The van der Waals surface area contributed by atoms with E-state index in [0.717, 1.165) is 19.4 Å². The molecule has 0 aromatic carbocycles. The van der Waals surface area contributed by atoms with Gasteiger partial charge in [-0.25, -0.2) is 0 Å². The van der Waals surface area contributed by atoms with E-state index in [9.17, 15) is 4.79 Å². The first-order chi connectivity index (χ1) is 6.83. The highest BCUT2D eigenvalue weighted by Gasteiger charge is 2.31. The van der Waals surface area contributed by atoms with Gasteiger partial charge >= 0.3 is 0 Å². The van der Waals surface area contributed by atoms with Gasteiger partial charge in [-0.15, -0.1) is 0 Å². The summed E-state index contributed by atoms with van der Waals surface area (Å²) in [6, 6.07) is 1.69. The van der Waals surface area contributed by atoms with E-state index in [1.165, 1.54) is 0 Å². The van der Waals surface area contributed by atoms with Gasteiger partial charge in [0.05, 0.1) is 12.1 Å². The van der Waals surface area contributed by atoms with Crippen molar-refractivity contribution in [2.75, 3.05) is 13.1 Å². The SMILES string of the molecule is N#CC1C=CCN1C(=O)C1CCCN1. The Hall–Kier alpha value is -1.34. The maximum atomic E-state index is 11.9. The largest absolute Gasteiger partial charge is 0.318 e. The number of nitrogens with one attached hydrogen (secondary N) is 1. The zero-order valence-electron chi connectivity index (χ0n) is 7.94. The lowest BCUT2D eigenvalue weighted by molar-refractivity contribution is -0.132. The van der Waals surface area contributed by atoms with Crippen molar-refractivity contribution < 1.29 is 4.79 Å². The zero-order chi connectivity index (χ0) is 9.97. The van der Waals surface area contributed by atoms with Crippen molar-refractivity contribution in [3.05, 3.63) is 12.2 Å². The van der Waals surface area contributed by atoms with E-state index in [1.54, 1.807) is 11.0 Å². The molecule has 1 amide bonds. The Labute approximate surface area is 83.2 Å². The van der Waals surface area contributed by atoms with Crippen LogP contribution in [0, 0.1) is 11.3 Å². The summed E-state index contributed by atoms with van der Waals surface area (Å²) in [4.78, 5) is 13.5. The number of nitriles is 1. The summed E-state index contributed by atoms with van der Waals surface area (Å²) in [5.41, 5.74) is 0. The van der Waals surface area contributed by atoms with Crippen molar-refractivity contribution in [2.24, 2.45) is 0 Å². The normalized spacial score (nSPS) is 30.6. The van der Waals surface area contributed by atoms with E-state index in [1.807, 2.05) is 6.08 Å². The smallest absolute Gasteiger partial charge is 0.241 e. The molecule has 74 valence electrons. The predicted molar refractivity (Wildman–Crippen MR) is 51.3 cm³/mol. The highest BCUT2D eigenvalue weighted by molar-refractivity contribution is 5.83. The molecule has 2 unspecified atom stereocenters. The number of carbonyl (C=O) groups excluding carboxylic acids is 1. The van der Waals surface area contributed by atoms with Crippen LogP contribution in [0.5, 0.6) is 0 Å². The van der Waals surface area contributed by atoms with E-state index in [4.69, 9.17) is 5.26 Å². The van der Waals surface area contributed by atoms with Gasteiger partial charge in [-0.3, -0.25) is 4.79 Å². The summed E-state index contributed by atoms with van der Waals surface area (Å²) < 4.78 is 0. The third kappa shape index (κ3) is 1.51. The van der Waals surface area contributed by atoms with Crippen molar-refractivity contribution in [2.45, 2.75) is 24.9 Å².